The van der Waals surface area contributed by atoms with Crippen molar-refractivity contribution < 1.29 is 9.53 Å². The minimum absolute atomic E-state index is 0.0428. The minimum atomic E-state index is -0.0551. The first-order valence-corrected chi connectivity index (χ1v) is 6.59. The van der Waals surface area contributed by atoms with E-state index < -0.39 is 0 Å². The maximum absolute atomic E-state index is 11.7. The molecule has 6 nitrogen and oxygen atoms in total. The van der Waals surface area contributed by atoms with E-state index in [0.29, 0.717) is 12.6 Å². The molecule has 2 aliphatic rings. The first-order chi connectivity index (χ1) is 8.84. The van der Waals surface area contributed by atoms with Crippen molar-refractivity contribution in [1.82, 2.24) is 19.7 Å². The second-order valence-electron chi connectivity index (χ2n) is 4.98. The number of carbonyl (C=O) groups excluding carboxylic acids is 1. The molecule has 0 saturated carbocycles. The average molecular weight is 250 g/mol. The molecule has 98 valence electrons. The van der Waals surface area contributed by atoms with Gasteiger partial charge in [-0.15, -0.1) is 0 Å². The number of rotatable bonds is 3. The van der Waals surface area contributed by atoms with E-state index in [-0.39, 0.29) is 12.0 Å². The Hall–Kier alpha value is -1.43. The van der Waals surface area contributed by atoms with Gasteiger partial charge in [-0.1, -0.05) is 6.42 Å². The number of hydrogen-bond donors (Lipinski definition) is 0. The fourth-order valence-corrected chi connectivity index (χ4v) is 2.96. The molecule has 0 spiro atoms. The lowest BCUT2D eigenvalue weighted by atomic mass is 9.99. The van der Waals surface area contributed by atoms with Crippen molar-refractivity contribution in [2.75, 3.05) is 13.2 Å². The van der Waals surface area contributed by atoms with Gasteiger partial charge in [0, 0.05) is 12.5 Å². The largest absolute Gasteiger partial charge is 0.464 e. The van der Waals surface area contributed by atoms with Crippen LogP contribution in [0.4, 0.5) is 0 Å². The molecule has 0 aromatic carbocycles. The van der Waals surface area contributed by atoms with Crippen molar-refractivity contribution in [3.8, 4) is 0 Å². The summed E-state index contributed by atoms with van der Waals surface area (Å²) < 4.78 is 6.94. The molecule has 0 N–H and O–H groups in total. The third-order valence-corrected chi connectivity index (χ3v) is 3.85. The summed E-state index contributed by atoms with van der Waals surface area (Å²) in [7, 11) is 0. The molecule has 2 fully saturated rings. The van der Waals surface area contributed by atoms with Crippen molar-refractivity contribution >= 4 is 5.97 Å². The van der Waals surface area contributed by atoms with Crippen molar-refractivity contribution in [2.24, 2.45) is 0 Å². The van der Waals surface area contributed by atoms with E-state index in [1.807, 2.05) is 4.68 Å². The molecule has 1 aromatic rings. The predicted molar refractivity (Wildman–Crippen MR) is 63.7 cm³/mol. The molecule has 2 unspecified atom stereocenters. The Kier molecular flexibility index (Phi) is 3.27. The number of hydrogen-bond acceptors (Lipinski definition) is 5. The molecule has 3 rings (SSSR count). The van der Waals surface area contributed by atoms with Crippen LogP contribution in [0.3, 0.4) is 0 Å². The van der Waals surface area contributed by atoms with Crippen LogP contribution in [-0.2, 0) is 16.1 Å². The highest BCUT2D eigenvalue weighted by Gasteiger charge is 2.37. The van der Waals surface area contributed by atoms with E-state index in [0.717, 1.165) is 32.4 Å². The van der Waals surface area contributed by atoms with Gasteiger partial charge in [-0.2, -0.15) is 5.10 Å². The number of ether oxygens (including phenoxy) is 1. The highest BCUT2D eigenvalue weighted by Crippen LogP contribution is 2.25. The zero-order chi connectivity index (χ0) is 12.4. The van der Waals surface area contributed by atoms with Gasteiger partial charge in [0.2, 0.25) is 0 Å². The van der Waals surface area contributed by atoms with E-state index in [9.17, 15) is 4.79 Å². The molecule has 2 saturated heterocycles. The Labute approximate surface area is 106 Å². The van der Waals surface area contributed by atoms with Crippen molar-refractivity contribution in [1.29, 1.82) is 0 Å². The van der Waals surface area contributed by atoms with E-state index in [2.05, 4.69) is 15.0 Å². The zero-order valence-corrected chi connectivity index (χ0v) is 10.4. The molecule has 2 atom stereocenters. The maximum Gasteiger partial charge on any atom is 0.323 e. The first kappa shape index (κ1) is 11.6. The smallest absolute Gasteiger partial charge is 0.323 e. The van der Waals surface area contributed by atoms with Crippen molar-refractivity contribution in [2.45, 2.75) is 44.3 Å². The molecule has 0 bridgehead atoms. The summed E-state index contributed by atoms with van der Waals surface area (Å²) in [4.78, 5) is 18.0. The number of carbonyl (C=O) groups is 1. The van der Waals surface area contributed by atoms with Crippen LogP contribution in [0.1, 0.15) is 25.7 Å². The lowest BCUT2D eigenvalue weighted by Crippen LogP contribution is -2.49. The van der Waals surface area contributed by atoms with Crippen LogP contribution >= 0.6 is 0 Å². The van der Waals surface area contributed by atoms with Crippen LogP contribution in [0.15, 0.2) is 12.7 Å². The number of likely N-dealkylation sites (tertiary alicyclic amines) is 1. The molecular weight excluding hydrogens is 232 g/mol. The van der Waals surface area contributed by atoms with Crippen LogP contribution in [-0.4, -0.2) is 50.9 Å². The number of aromatic nitrogens is 3. The molecule has 0 amide bonds. The van der Waals surface area contributed by atoms with Gasteiger partial charge < -0.3 is 4.74 Å². The van der Waals surface area contributed by atoms with Crippen molar-refractivity contribution in [3.05, 3.63) is 12.7 Å². The van der Waals surface area contributed by atoms with Gasteiger partial charge in [-0.25, -0.2) is 4.98 Å². The fourth-order valence-electron chi connectivity index (χ4n) is 2.96. The third-order valence-electron chi connectivity index (χ3n) is 3.85. The van der Waals surface area contributed by atoms with E-state index in [4.69, 9.17) is 4.74 Å². The van der Waals surface area contributed by atoms with Gasteiger partial charge >= 0.3 is 5.97 Å². The van der Waals surface area contributed by atoms with Crippen molar-refractivity contribution in [3.63, 3.8) is 0 Å². The molecule has 2 aliphatic heterocycles. The Morgan fingerprint density at radius 1 is 1.39 bits per heavy atom. The molecule has 18 heavy (non-hydrogen) atoms. The van der Waals surface area contributed by atoms with Crippen LogP contribution in [0.5, 0.6) is 0 Å². The fraction of sp³-hybridized carbons (Fsp3) is 0.750. The molecule has 1 aromatic heterocycles. The van der Waals surface area contributed by atoms with Gasteiger partial charge in [0.1, 0.15) is 18.7 Å². The number of esters is 1. The van der Waals surface area contributed by atoms with Gasteiger partial charge in [0.05, 0.1) is 13.2 Å². The van der Waals surface area contributed by atoms with Crippen LogP contribution in [0.25, 0.3) is 0 Å². The van der Waals surface area contributed by atoms with Crippen LogP contribution in [0.2, 0.25) is 0 Å². The molecule has 6 heteroatoms. The van der Waals surface area contributed by atoms with E-state index >= 15 is 0 Å². The standard InChI is InChI=1S/C12H18N4O2/c17-12-11(4-6-18-12)16-5-2-1-3-10(16)7-15-9-13-8-14-15/h8-11H,1-7H2. The number of cyclic esters (lactones) is 1. The number of piperidine rings is 1. The summed E-state index contributed by atoms with van der Waals surface area (Å²) >= 11 is 0. The second kappa shape index (κ2) is 5.06. The lowest BCUT2D eigenvalue weighted by molar-refractivity contribution is -0.143. The SMILES string of the molecule is O=C1OCCC1N1CCCCC1Cn1cncn1. The lowest BCUT2D eigenvalue weighted by Gasteiger charge is -2.37. The highest BCUT2D eigenvalue weighted by molar-refractivity contribution is 5.77. The Balaban J connectivity index is 1.71. The van der Waals surface area contributed by atoms with Gasteiger partial charge in [-0.05, 0) is 19.4 Å². The predicted octanol–water partition coefficient (Wildman–Crippen LogP) is 0.448. The summed E-state index contributed by atoms with van der Waals surface area (Å²) in [6.07, 6.45) is 7.61. The minimum Gasteiger partial charge on any atom is -0.464 e. The number of nitrogens with zero attached hydrogens (tertiary/aromatic N) is 4. The summed E-state index contributed by atoms with van der Waals surface area (Å²) in [6, 6.07) is 0.329. The zero-order valence-electron chi connectivity index (χ0n) is 10.4. The van der Waals surface area contributed by atoms with E-state index in [1.54, 1.807) is 12.7 Å². The summed E-state index contributed by atoms with van der Waals surface area (Å²) in [6.45, 7) is 2.36. The Morgan fingerprint density at radius 2 is 2.33 bits per heavy atom. The molecule has 0 radical (unpaired) electrons. The molecule has 3 heterocycles. The Bertz CT molecular complexity index is 406. The van der Waals surface area contributed by atoms with Crippen LogP contribution in [0, 0.1) is 0 Å². The van der Waals surface area contributed by atoms with Crippen LogP contribution < -0.4 is 0 Å². The summed E-state index contributed by atoms with van der Waals surface area (Å²) in [5, 5.41) is 4.15. The topological polar surface area (TPSA) is 60.2 Å². The Morgan fingerprint density at radius 3 is 3.06 bits per heavy atom. The third kappa shape index (κ3) is 2.25. The molecule has 0 aliphatic carbocycles. The summed E-state index contributed by atoms with van der Waals surface area (Å²) in [5.41, 5.74) is 0. The van der Waals surface area contributed by atoms with E-state index in [1.165, 1.54) is 6.42 Å². The quantitative estimate of drug-likeness (QED) is 0.729. The summed E-state index contributed by atoms with van der Waals surface area (Å²) in [5.74, 6) is -0.0551. The normalized spacial score (nSPS) is 29.4. The van der Waals surface area contributed by atoms with Gasteiger partial charge in [0.15, 0.2) is 0 Å². The van der Waals surface area contributed by atoms with Gasteiger partial charge in [-0.3, -0.25) is 14.4 Å². The monoisotopic (exact) mass is 250 g/mol. The maximum atomic E-state index is 11.7. The highest BCUT2D eigenvalue weighted by atomic mass is 16.5. The first-order valence-electron chi connectivity index (χ1n) is 6.59. The average Bonchev–Trinajstić information content (AvgIpc) is 3.02. The molecular formula is C12H18N4O2. The van der Waals surface area contributed by atoms with Gasteiger partial charge in [0.25, 0.3) is 0 Å². The second-order valence-corrected chi connectivity index (χ2v) is 4.98.